The Morgan fingerprint density at radius 2 is 2.00 bits per heavy atom. The summed E-state index contributed by atoms with van der Waals surface area (Å²) in [5.74, 6) is -0.677. The largest absolute Gasteiger partial charge is 0.459 e. The van der Waals surface area contributed by atoms with Gasteiger partial charge in [-0.05, 0) is 12.1 Å². The number of aliphatic hydroxyl groups excluding tert-OH is 4. The fourth-order valence-electron chi connectivity index (χ4n) is 1.79. The molecule has 1 saturated heterocycles. The quantitative estimate of drug-likeness (QED) is 0.471. The molecule has 1 aliphatic heterocycles. The Kier molecular flexibility index (Phi) is 4.63. The third-order valence-electron chi connectivity index (χ3n) is 2.96. The maximum atomic E-state index is 11.6. The van der Waals surface area contributed by atoms with E-state index in [4.69, 9.17) is 9.47 Å². The summed E-state index contributed by atoms with van der Waals surface area (Å²) in [7, 11) is 0. The van der Waals surface area contributed by atoms with Crippen LogP contribution in [0.15, 0.2) is 24.5 Å². The van der Waals surface area contributed by atoms with Crippen LogP contribution in [0.2, 0.25) is 0 Å². The van der Waals surface area contributed by atoms with Gasteiger partial charge in [-0.2, -0.15) is 0 Å². The highest BCUT2D eigenvalue weighted by Gasteiger charge is 2.43. The van der Waals surface area contributed by atoms with Crippen molar-refractivity contribution in [2.75, 3.05) is 6.61 Å². The first-order chi connectivity index (χ1) is 9.50. The average molecular weight is 285 g/mol. The van der Waals surface area contributed by atoms with Gasteiger partial charge in [-0.25, -0.2) is 4.79 Å². The average Bonchev–Trinajstić information content (AvgIpc) is 2.48. The zero-order chi connectivity index (χ0) is 14.7. The Morgan fingerprint density at radius 1 is 1.25 bits per heavy atom. The summed E-state index contributed by atoms with van der Waals surface area (Å²) in [4.78, 5) is 15.4. The van der Waals surface area contributed by atoms with E-state index in [0.717, 1.165) is 0 Å². The molecule has 0 radical (unpaired) electrons. The number of hydrogen-bond donors (Lipinski definition) is 4. The van der Waals surface area contributed by atoms with Crippen molar-refractivity contribution in [1.29, 1.82) is 0 Å². The number of aliphatic hydroxyl groups is 4. The number of esters is 1. The van der Waals surface area contributed by atoms with Gasteiger partial charge in [0, 0.05) is 12.4 Å². The minimum Gasteiger partial charge on any atom is -0.459 e. The smallest absolute Gasteiger partial charge is 0.339 e. The topological polar surface area (TPSA) is 129 Å². The lowest BCUT2D eigenvalue weighted by molar-refractivity contribution is -0.286. The number of ether oxygens (including phenoxy) is 2. The molecular formula is C12H15NO7. The summed E-state index contributed by atoms with van der Waals surface area (Å²) in [5, 5.41) is 37.8. The van der Waals surface area contributed by atoms with E-state index in [1.54, 1.807) is 6.07 Å². The minimum atomic E-state index is -1.66. The minimum absolute atomic E-state index is 0.221. The Labute approximate surface area is 114 Å². The van der Waals surface area contributed by atoms with Gasteiger partial charge in [-0.1, -0.05) is 0 Å². The van der Waals surface area contributed by atoms with Crippen molar-refractivity contribution in [2.24, 2.45) is 0 Å². The van der Waals surface area contributed by atoms with Gasteiger partial charge in [-0.15, -0.1) is 0 Å². The van der Waals surface area contributed by atoms with Gasteiger partial charge >= 0.3 is 5.97 Å². The molecule has 1 aromatic rings. The molecule has 5 unspecified atom stereocenters. The molecule has 8 nitrogen and oxygen atoms in total. The van der Waals surface area contributed by atoms with Gasteiger partial charge < -0.3 is 29.9 Å². The fourth-order valence-corrected chi connectivity index (χ4v) is 1.79. The van der Waals surface area contributed by atoms with Crippen LogP contribution >= 0.6 is 0 Å². The molecular weight excluding hydrogens is 270 g/mol. The molecule has 5 atom stereocenters. The summed E-state index contributed by atoms with van der Waals surface area (Å²) in [5.41, 5.74) is 0.221. The van der Waals surface area contributed by atoms with Crippen LogP contribution in [0.4, 0.5) is 0 Å². The second-order valence-electron chi connectivity index (χ2n) is 4.38. The summed E-state index contributed by atoms with van der Waals surface area (Å²) in [6.45, 7) is -0.379. The maximum absolute atomic E-state index is 11.6. The Balaban J connectivity index is 1.92. The summed E-state index contributed by atoms with van der Waals surface area (Å²) in [6.07, 6.45) is -4.65. The maximum Gasteiger partial charge on any atom is 0.339 e. The molecule has 2 heterocycles. The second-order valence-corrected chi connectivity index (χ2v) is 4.38. The van der Waals surface area contributed by atoms with Crippen LogP contribution in [0, 0.1) is 0 Å². The van der Waals surface area contributed by atoms with Crippen LogP contribution in [0.25, 0.3) is 0 Å². The molecule has 20 heavy (non-hydrogen) atoms. The molecule has 4 N–H and O–H groups in total. The number of carbonyl (C=O) groups excluding carboxylic acids is 1. The van der Waals surface area contributed by atoms with Gasteiger partial charge in [0.15, 0.2) is 6.29 Å². The Bertz CT molecular complexity index is 454. The standard InChI is InChI=1S/C12H15NO7/c14-8-7(20-12(18)10(16)9(8)15)5-19-11(17)6-2-1-3-13-4-6/h1-4,7-10,12,14-16,18H,5H2. The van der Waals surface area contributed by atoms with E-state index in [2.05, 4.69) is 4.98 Å². The molecule has 8 heteroatoms. The molecule has 1 aromatic heterocycles. The Morgan fingerprint density at radius 3 is 2.65 bits per heavy atom. The van der Waals surface area contributed by atoms with Gasteiger partial charge in [-0.3, -0.25) is 4.98 Å². The monoisotopic (exact) mass is 285 g/mol. The number of aromatic nitrogens is 1. The number of carbonyl (C=O) groups is 1. The van der Waals surface area contributed by atoms with E-state index in [0.29, 0.717) is 0 Å². The number of hydrogen-bond acceptors (Lipinski definition) is 8. The van der Waals surface area contributed by atoms with Crippen molar-refractivity contribution in [3.05, 3.63) is 30.1 Å². The number of nitrogens with zero attached hydrogens (tertiary/aromatic N) is 1. The molecule has 0 aliphatic carbocycles. The van der Waals surface area contributed by atoms with Gasteiger partial charge in [0.1, 0.15) is 31.0 Å². The van der Waals surface area contributed by atoms with Crippen molar-refractivity contribution in [3.63, 3.8) is 0 Å². The van der Waals surface area contributed by atoms with E-state index < -0.39 is 36.7 Å². The fraction of sp³-hybridized carbons (Fsp3) is 0.500. The lowest BCUT2D eigenvalue weighted by atomic mass is 9.99. The van der Waals surface area contributed by atoms with Crippen LogP contribution in [0.3, 0.4) is 0 Å². The zero-order valence-electron chi connectivity index (χ0n) is 10.4. The SMILES string of the molecule is O=C(OCC1OC(O)C(O)C(O)C1O)c1cccnc1. The third kappa shape index (κ3) is 3.11. The second kappa shape index (κ2) is 6.25. The van der Waals surface area contributed by atoms with E-state index in [9.17, 15) is 25.2 Å². The molecule has 0 aromatic carbocycles. The molecule has 0 saturated carbocycles. The number of pyridine rings is 1. The molecule has 110 valence electrons. The normalized spacial score (nSPS) is 33.7. The predicted molar refractivity (Wildman–Crippen MR) is 63.4 cm³/mol. The molecule has 0 amide bonds. The molecule has 0 spiro atoms. The van der Waals surface area contributed by atoms with Crippen molar-refractivity contribution in [1.82, 2.24) is 4.98 Å². The molecule has 2 rings (SSSR count). The first-order valence-corrected chi connectivity index (χ1v) is 5.95. The van der Waals surface area contributed by atoms with Crippen molar-refractivity contribution in [2.45, 2.75) is 30.7 Å². The van der Waals surface area contributed by atoms with Gasteiger partial charge in [0.25, 0.3) is 0 Å². The van der Waals surface area contributed by atoms with Crippen LogP contribution in [-0.2, 0) is 9.47 Å². The lowest BCUT2D eigenvalue weighted by Gasteiger charge is -2.37. The summed E-state index contributed by atoms with van der Waals surface area (Å²) >= 11 is 0. The van der Waals surface area contributed by atoms with Crippen molar-refractivity contribution in [3.8, 4) is 0 Å². The summed E-state index contributed by atoms with van der Waals surface area (Å²) < 4.78 is 9.77. The first kappa shape index (κ1) is 14.8. The molecule has 1 aliphatic rings. The van der Waals surface area contributed by atoms with Crippen molar-refractivity contribution >= 4 is 5.97 Å². The van der Waals surface area contributed by atoms with Gasteiger partial charge in [0.05, 0.1) is 5.56 Å². The van der Waals surface area contributed by atoms with Crippen LogP contribution in [-0.4, -0.2) is 68.7 Å². The summed E-state index contributed by atoms with van der Waals surface area (Å²) in [6, 6.07) is 3.06. The highest BCUT2D eigenvalue weighted by molar-refractivity contribution is 5.88. The molecule has 1 fully saturated rings. The highest BCUT2D eigenvalue weighted by atomic mass is 16.6. The van der Waals surface area contributed by atoms with E-state index >= 15 is 0 Å². The van der Waals surface area contributed by atoms with E-state index in [-0.39, 0.29) is 12.2 Å². The Hall–Kier alpha value is -1.58. The van der Waals surface area contributed by atoms with E-state index in [1.165, 1.54) is 18.5 Å². The van der Waals surface area contributed by atoms with Crippen LogP contribution < -0.4 is 0 Å². The predicted octanol–water partition coefficient (Wildman–Crippen LogP) is -1.96. The number of rotatable bonds is 3. The highest BCUT2D eigenvalue weighted by Crippen LogP contribution is 2.20. The third-order valence-corrected chi connectivity index (χ3v) is 2.96. The zero-order valence-corrected chi connectivity index (χ0v) is 10.4. The van der Waals surface area contributed by atoms with Crippen LogP contribution in [0.1, 0.15) is 10.4 Å². The van der Waals surface area contributed by atoms with Gasteiger partial charge in [0.2, 0.25) is 0 Å². The first-order valence-electron chi connectivity index (χ1n) is 5.95. The van der Waals surface area contributed by atoms with E-state index in [1.807, 2.05) is 0 Å². The van der Waals surface area contributed by atoms with Crippen LogP contribution in [0.5, 0.6) is 0 Å². The van der Waals surface area contributed by atoms with Crippen molar-refractivity contribution < 1.29 is 34.7 Å². The lowest BCUT2D eigenvalue weighted by Crippen LogP contribution is -2.58. The molecule has 0 bridgehead atoms.